The first-order valence-corrected chi connectivity index (χ1v) is 6.82. The van der Waals surface area contributed by atoms with E-state index in [1.807, 2.05) is 26.0 Å². The van der Waals surface area contributed by atoms with E-state index in [0.29, 0.717) is 13.2 Å². The zero-order chi connectivity index (χ0) is 13.8. The van der Waals surface area contributed by atoms with Crippen LogP contribution in [0, 0.1) is 0 Å². The number of carbonyl (C=O) groups is 1. The molecular weight excluding hydrogens is 242 g/mol. The fourth-order valence-corrected chi connectivity index (χ4v) is 2.53. The van der Waals surface area contributed by atoms with Gasteiger partial charge in [0.25, 0.3) is 0 Å². The van der Waals surface area contributed by atoms with E-state index in [0.717, 1.165) is 24.2 Å². The molecule has 0 aliphatic heterocycles. The summed E-state index contributed by atoms with van der Waals surface area (Å²) >= 11 is 0. The van der Waals surface area contributed by atoms with Gasteiger partial charge in [0, 0.05) is 11.6 Å². The lowest BCUT2D eigenvalue weighted by molar-refractivity contribution is -0.142. The Morgan fingerprint density at radius 1 is 1.26 bits per heavy atom. The van der Waals surface area contributed by atoms with E-state index in [9.17, 15) is 4.79 Å². The molecule has 1 aromatic carbocycles. The number of hydrogen-bond donors (Lipinski definition) is 1. The first-order valence-electron chi connectivity index (χ1n) is 6.82. The first kappa shape index (κ1) is 13.9. The highest BCUT2D eigenvalue weighted by atomic mass is 16.5. The number of hydrogen-bond acceptors (Lipinski definition) is 4. The number of benzene rings is 1. The monoisotopic (exact) mass is 263 g/mol. The fraction of sp³-hybridized carbons (Fsp3) is 0.533. The molecule has 19 heavy (non-hydrogen) atoms. The Morgan fingerprint density at radius 3 is 2.58 bits per heavy atom. The van der Waals surface area contributed by atoms with Crippen molar-refractivity contribution in [1.29, 1.82) is 0 Å². The normalized spacial score (nSPS) is 17.1. The first-order chi connectivity index (χ1) is 9.13. The van der Waals surface area contributed by atoms with Gasteiger partial charge in [0.1, 0.15) is 5.75 Å². The highest BCUT2D eigenvalue weighted by Gasteiger charge is 2.21. The summed E-state index contributed by atoms with van der Waals surface area (Å²) in [7, 11) is 0. The van der Waals surface area contributed by atoms with Crippen molar-refractivity contribution in [2.45, 2.75) is 39.2 Å². The third-order valence-electron chi connectivity index (χ3n) is 3.29. The molecular formula is C15H21NO3. The average Bonchev–Trinajstić information content (AvgIpc) is 2.69. The van der Waals surface area contributed by atoms with E-state index in [4.69, 9.17) is 15.2 Å². The second kappa shape index (κ2) is 6.06. The summed E-state index contributed by atoms with van der Waals surface area (Å²) in [6, 6.07) is 4.26. The van der Waals surface area contributed by atoms with Crippen molar-refractivity contribution in [3.05, 3.63) is 28.8 Å². The Kier molecular flexibility index (Phi) is 4.43. The van der Waals surface area contributed by atoms with Crippen molar-refractivity contribution in [3.63, 3.8) is 0 Å². The summed E-state index contributed by atoms with van der Waals surface area (Å²) in [5.41, 5.74) is 9.34. The summed E-state index contributed by atoms with van der Waals surface area (Å²) in [6.07, 6.45) is 2.01. The molecule has 0 radical (unpaired) electrons. The van der Waals surface area contributed by atoms with Crippen LogP contribution >= 0.6 is 0 Å². The minimum atomic E-state index is -0.217. The summed E-state index contributed by atoms with van der Waals surface area (Å²) < 4.78 is 10.6. The third-order valence-corrected chi connectivity index (χ3v) is 3.29. The number of nitrogens with two attached hydrogens (primary N) is 1. The van der Waals surface area contributed by atoms with E-state index in [2.05, 4.69) is 0 Å². The van der Waals surface area contributed by atoms with Gasteiger partial charge in [0.2, 0.25) is 0 Å². The molecule has 2 N–H and O–H groups in total. The standard InChI is InChI=1S/C15H21NO3/c1-3-18-14-8-11-7-13(16)6-10(11)5-12(14)9-15(17)19-4-2/h5,8,13H,3-4,6-7,9,16H2,1-2H3. The molecule has 1 aromatic rings. The second-order valence-corrected chi connectivity index (χ2v) is 4.81. The van der Waals surface area contributed by atoms with Crippen molar-refractivity contribution in [1.82, 2.24) is 0 Å². The quantitative estimate of drug-likeness (QED) is 0.820. The maximum Gasteiger partial charge on any atom is 0.310 e. The van der Waals surface area contributed by atoms with Crippen molar-refractivity contribution < 1.29 is 14.3 Å². The molecule has 0 saturated heterocycles. The Balaban J connectivity index is 2.25. The van der Waals surface area contributed by atoms with E-state index < -0.39 is 0 Å². The largest absolute Gasteiger partial charge is 0.494 e. The molecule has 0 heterocycles. The molecule has 2 rings (SSSR count). The van der Waals surface area contributed by atoms with Crippen LogP contribution in [0.1, 0.15) is 30.5 Å². The Bertz CT molecular complexity index is 471. The minimum Gasteiger partial charge on any atom is -0.494 e. The van der Waals surface area contributed by atoms with Crippen LogP contribution in [0.5, 0.6) is 5.75 Å². The van der Waals surface area contributed by atoms with Crippen LogP contribution in [0.3, 0.4) is 0 Å². The molecule has 1 atom stereocenters. The van der Waals surface area contributed by atoms with Gasteiger partial charge in [0.05, 0.1) is 19.6 Å². The number of ether oxygens (including phenoxy) is 2. The topological polar surface area (TPSA) is 61.5 Å². The number of rotatable bonds is 5. The van der Waals surface area contributed by atoms with Crippen LogP contribution in [-0.2, 0) is 28.8 Å². The van der Waals surface area contributed by atoms with Crippen LogP contribution < -0.4 is 10.5 Å². The molecule has 0 spiro atoms. The lowest BCUT2D eigenvalue weighted by Gasteiger charge is -2.12. The number of carbonyl (C=O) groups excluding carboxylic acids is 1. The van der Waals surface area contributed by atoms with E-state index in [1.54, 1.807) is 0 Å². The van der Waals surface area contributed by atoms with Crippen LogP contribution in [0.2, 0.25) is 0 Å². The molecule has 0 fully saturated rings. The van der Waals surface area contributed by atoms with Gasteiger partial charge in [-0.15, -0.1) is 0 Å². The summed E-state index contributed by atoms with van der Waals surface area (Å²) in [5.74, 6) is 0.564. The Hall–Kier alpha value is -1.55. The summed E-state index contributed by atoms with van der Waals surface area (Å²) in [5, 5.41) is 0. The second-order valence-electron chi connectivity index (χ2n) is 4.81. The van der Waals surface area contributed by atoms with E-state index in [1.165, 1.54) is 11.1 Å². The van der Waals surface area contributed by atoms with E-state index in [-0.39, 0.29) is 18.4 Å². The van der Waals surface area contributed by atoms with Crippen LogP contribution in [-0.4, -0.2) is 25.2 Å². The van der Waals surface area contributed by atoms with Crippen LogP contribution in [0.25, 0.3) is 0 Å². The number of fused-ring (bicyclic) bond motifs is 1. The lowest BCUT2D eigenvalue weighted by Crippen LogP contribution is -2.19. The van der Waals surface area contributed by atoms with Crippen molar-refractivity contribution in [2.75, 3.05) is 13.2 Å². The molecule has 1 aliphatic rings. The summed E-state index contributed by atoms with van der Waals surface area (Å²) in [6.45, 7) is 4.73. The van der Waals surface area contributed by atoms with Gasteiger partial charge in [-0.25, -0.2) is 0 Å². The molecule has 0 aromatic heterocycles. The molecule has 1 aliphatic carbocycles. The predicted octanol–water partition coefficient (Wildman–Crippen LogP) is 1.62. The predicted molar refractivity (Wildman–Crippen MR) is 73.3 cm³/mol. The van der Waals surface area contributed by atoms with Crippen molar-refractivity contribution >= 4 is 5.97 Å². The van der Waals surface area contributed by atoms with Gasteiger partial charge in [-0.1, -0.05) is 6.07 Å². The van der Waals surface area contributed by atoms with Crippen LogP contribution in [0.4, 0.5) is 0 Å². The highest BCUT2D eigenvalue weighted by Crippen LogP contribution is 2.30. The van der Waals surface area contributed by atoms with E-state index >= 15 is 0 Å². The zero-order valence-electron chi connectivity index (χ0n) is 11.6. The molecule has 1 unspecified atom stereocenters. The van der Waals surface area contributed by atoms with Gasteiger partial charge in [-0.3, -0.25) is 4.79 Å². The highest BCUT2D eigenvalue weighted by molar-refractivity contribution is 5.74. The zero-order valence-corrected chi connectivity index (χ0v) is 11.6. The van der Waals surface area contributed by atoms with Gasteiger partial charge in [-0.05, 0) is 43.9 Å². The van der Waals surface area contributed by atoms with Crippen molar-refractivity contribution in [3.8, 4) is 5.75 Å². The minimum absolute atomic E-state index is 0.183. The Labute approximate surface area is 113 Å². The number of esters is 1. The third kappa shape index (κ3) is 3.26. The maximum absolute atomic E-state index is 11.6. The SMILES string of the molecule is CCOC(=O)Cc1cc2c(cc1OCC)CC(N)C2. The fourth-order valence-electron chi connectivity index (χ4n) is 2.53. The lowest BCUT2D eigenvalue weighted by atomic mass is 10.0. The smallest absolute Gasteiger partial charge is 0.310 e. The van der Waals surface area contributed by atoms with Crippen molar-refractivity contribution in [2.24, 2.45) is 5.73 Å². The van der Waals surface area contributed by atoms with Gasteiger partial charge in [-0.2, -0.15) is 0 Å². The molecule has 0 bridgehead atoms. The molecule has 4 heteroatoms. The average molecular weight is 263 g/mol. The molecule has 4 nitrogen and oxygen atoms in total. The summed E-state index contributed by atoms with van der Waals surface area (Å²) in [4.78, 5) is 11.6. The molecule has 0 amide bonds. The van der Waals surface area contributed by atoms with Gasteiger partial charge < -0.3 is 15.2 Å². The van der Waals surface area contributed by atoms with Crippen LogP contribution in [0.15, 0.2) is 12.1 Å². The maximum atomic E-state index is 11.6. The molecule has 0 saturated carbocycles. The molecule has 104 valence electrons. The van der Waals surface area contributed by atoms with Gasteiger partial charge >= 0.3 is 5.97 Å². The Morgan fingerprint density at radius 2 is 1.95 bits per heavy atom. The van der Waals surface area contributed by atoms with Gasteiger partial charge in [0.15, 0.2) is 0 Å².